The van der Waals surface area contributed by atoms with Gasteiger partial charge in [0.05, 0.1) is 0 Å². The van der Waals surface area contributed by atoms with Crippen molar-refractivity contribution in [2.45, 2.75) is 4.90 Å². The molecule has 1 heterocycles. The van der Waals surface area contributed by atoms with Crippen molar-refractivity contribution >= 4 is 29.1 Å². The summed E-state index contributed by atoms with van der Waals surface area (Å²) >= 11 is 7.64. The van der Waals surface area contributed by atoms with Crippen LogP contribution < -0.4 is 5.32 Å². The molecular weight excluding hydrogens is 238 g/mol. The second-order valence-electron chi connectivity index (χ2n) is 3.37. The Kier molecular flexibility index (Phi) is 3.75. The van der Waals surface area contributed by atoms with Gasteiger partial charge in [-0.05, 0) is 30.4 Å². The van der Waals surface area contributed by atoms with Crippen molar-refractivity contribution in [1.82, 2.24) is 0 Å². The topological polar surface area (TPSA) is 12.0 Å². The van der Waals surface area contributed by atoms with Gasteiger partial charge in [0.1, 0.15) is 0 Å². The molecule has 0 atom stereocenters. The number of benzene rings is 1. The third-order valence-corrected chi connectivity index (χ3v) is 3.40. The third kappa shape index (κ3) is 2.94. The van der Waals surface area contributed by atoms with Crippen molar-refractivity contribution < 1.29 is 0 Å². The van der Waals surface area contributed by atoms with E-state index in [9.17, 15) is 0 Å². The minimum absolute atomic E-state index is 0.729. The lowest BCUT2D eigenvalue weighted by molar-refractivity contribution is 1.28. The van der Waals surface area contributed by atoms with Crippen LogP contribution in [0.3, 0.4) is 0 Å². The molecule has 0 bridgehead atoms. The summed E-state index contributed by atoms with van der Waals surface area (Å²) in [4.78, 5) is 2.16. The van der Waals surface area contributed by atoms with Gasteiger partial charge in [-0.15, -0.1) is 0 Å². The van der Waals surface area contributed by atoms with Crippen molar-refractivity contribution in [3.05, 3.63) is 59.0 Å². The van der Waals surface area contributed by atoms with E-state index in [1.54, 1.807) is 11.8 Å². The average Bonchev–Trinajstić information content (AvgIpc) is 2.28. The smallest absolute Gasteiger partial charge is 0.0484 e. The lowest BCUT2D eigenvalue weighted by Gasteiger charge is -2.11. The molecule has 0 aromatic heterocycles. The number of nitrogens with one attached hydrogen (secondary N) is 1. The maximum absolute atomic E-state index is 6.00. The number of rotatable bonds is 0. The van der Waals surface area contributed by atoms with E-state index in [0.29, 0.717) is 0 Å². The van der Waals surface area contributed by atoms with E-state index in [0.717, 1.165) is 22.2 Å². The van der Waals surface area contributed by atoms with Crippen LogP contribution in [0.1, 0.15) is 0 Å². The van der Waals surface area contributed by atoms with Crippen LogP contribution in [-0.4, -0.2) is 6.54 Å². The highest BCUT2D eigenvalue weighted by atomic mass is 35.5. The molecule has 82 valence electrons. The molecule has 0 spiro atoms. The van der Waals surface area contributed by atoms with Gasteiger partial charge in [0.25, 0.3) is 0 Å². The van der Waals surface area contributed by atoms with E-state index < -0.39 is 0 Å². The van der Waals surface area contributed by atoms with Crippen LogP contribution in [0.4, 0.5) is 5.69 Å². The Hall–Kier alpha value is -1.12. The first-order chi connectivity index (χ1) is 7.75. The molecule has 0 saturated heterocycles. The zero-order chi connectivity index (χ0) is 11.4. The Bertz CT molecular complexity index is 463. The van der Waals surface area contributed by atoms with Crippen molar-refractivity contribution in [3.8, 4) is 0 Å². The summed E-state index contributed by atoms with van der Waals surface area (Å²) in [7, 11) is 0. The molecular formula is C13H12ClNS. The van der Waals surface area contributed by atoms with Gasteiger partial charge >= 0.3 is 0 Å². The summed E-state index contributed by atoms with van der Waals surface area (Å²) < 4.78 is 0. The number of para-hydroxylation sites is 1. The summed E-state index contributed by atoms with van der Waals surface area (Å²) in [5.41, 5.74) is 1.12. The van der Waals surface area contributed by atoms with Gasteiger partial charge in [-0.2, -0.15) is 0 Å². The van der Waals surface area contributed by atoms with E-state index in [1.165, 1.54) is 4.90 Å². The van der Waals surface area contributed by atoms with Crippen LogP contribution in [0, 0.1) is 0 Å². The lowest BCUT2D eigenvalue weighted by atomic mass is 10.3. The fraction of sp³-hybridized carbons (Fsp3) is 0.0769. The molecule has 0 aliphatic carbocycles. The minimum atomic E-state index is 0.729. The Morgan fingerprint density at radius 3 is 2.94 bits per heavy atom. The molecule has 0 amide bonds. The van der Waals surface area contributed by atoms with Gasteiger partial charge in [-0.25, -0.2) is 0 Å². The second kappa shape index (κ2) is 5.28. The zero-order valence-corrected chi connectivity index (χ0v) is 10.3. The van der Waals surface area contributed by atoms with Crippen molar-refractivity contribution in [1.29, 1.82) is 0 Å². The molecule has 1 aliphatic rings. The molecule has 0 fully saturated rings. The maximum Gasteiger partial charge on any atom is 0.0484 e. The summed E-state index contributed by atoms with van der Waals surface area (Å²) in [6.45, 7) is 4.71. The highest BCUT2D eigenvalue weighted by molar-refractivity contribution is 8.03. The van der Waals surface area contributed by atoms with Gasteiger partial charge in [-0.1, -0.05) is 42.1 Å². The van der Waals surface area contributed by atoms with Crippen LogP contribution in [0.2, 0.25) is 0 Å². The van der Waals surface area contributed by atoms with Gasteiger partial charge in [0.15, 0.2) is 0 Å². The first-order valence-electron chi connectivity index (χ1n) is 4.99. The fourth-order valence-corrected chi connectivity index (χ4v) is 2.33. The van der Waals surface area contributed by atoms with Gasteiger partial charge in [0.2, 0.25) is 0 Å². The molecule has 0 unspecified atom stereocenters. The molecule has 1 aromatic carbocycles. The lowest BCUT2D eigenvalue weighted by Crippen LogP contribution is -2.00. The molecule has 1 aromatic rings. The standard InChI is InChI=1S/C13H12ClNS/c1-10-6-7-11(14)8-9-15-12-4-2-3-5-13(12)16-10/h2-8,15H,1,9H2/b7-6-,11-8+. The monoisotopic (exact) mass is 249 g/mol. The summed E-state index contributed by atoms with van der Waals surface area (Å²) in [6.07, 6.45) is 5.75. The van der Waals surface area contributed by atoms with Crippen molar-refractivity contribution in [2.75, 3.05) is 11.9 Å². The summed E-state index contributed by atoms with van der Waals surface area (Å²) in [5, 5.41) is 4.06. The van der Waals surface area contributed by atoms with Gasteiger partial charge < -0.3 is 5.32 Å². The highest BCUT2D eigenvalue weighted by Gasteiger charge is 2.03. The Labute approximate surface area is 105 Å². The third-order valence-electron chi connectivity index (χ3n) is 2.15. The number of fused-ring (bicyclic) bond motifs is 1. The first-order valence-corrected chi connectivity index (χ1v) is 6.18. The van der Waals surface area contributed by atoms with Crippen molar-refractivity contribution in [3.63, 3.8) is 0 Å². The summed E-state index contributed by atoms with van der Waals surface area (Å²) in [5.74, 6) is 0. The number of thioether (sulfide) groups is 1. The second-order valence-corrected chi connectivity index (χ2v) is 4.97. The molecule has 0 saturated carbocycles. The Morgan fingerprint density at radius 2 is 2.06 bits per heavy atom. The van der Waals surface area contributed by atoms with Crippen LogP contribution in [-0.2, 0) is 0 Å². The maximum atomic E-state index is 6.00. The average molecular weight is 250 g/mol. The molecule has 1 aliphatic heterocycles. The van der Waals surface area contributed by atoms with E-state index in [1.807, 2.05) is 30.4 Å². The fourth-order valence-electron chi connectivity index (χ4n) is 1.38. The van der Waals surface area contributed by atoms with Crippen molar-refractivity contribution in [2.24, 2.45) is 0 Å². The Morgan fingerprint density at radius 1 is 1.25 bits per heavy atom. The Balaban J connectivity index is 2.33. The molecule has 1 nitrogen and oxygen atoms in total. The van der Waals surface area contributed by atoms with Gasteiger partial charge in [-0.3, -0.25) is 0 Å². The molecule has 2 rings (SSSR count). The minimum Gasteiger partial charge on any atom is -0.381 e. The van der Waals surface area contributed by atoms with Crippen LogP contribution in [0.25, 0.3) is 0 Å². The predicted octanol–water partition coefficient (Wildman–Crippen LogP) is 4.40. The predicted molar refractivity (Wildman–Crippen MR) is 73.0 cm³/mol. The number of halogens is 1. The van der Waals surface area contributed by atoms with E-state index in [2.05, 4.69) is 24.0 Å². The van der Waals surface area contributed by atoms with Crippen LogP contribution in [0.5, 0.6) is 0 Å². The number of anilines is 1. The molecule has 0 radical (unpaired) electrons. The molecule has 16 heavy (non-hydrogen) atoms. The largest absolute Gasteiger partial charge is 0.381 e. The normalized spacial score (nSPS) is 21.3. The SMILES string of the molecule is C=C1/C=C\C(Cl)=C/CNc2ccccc2S1. The van der Waals surface area contributed by atoms with Crippen LogP contribution in [0.15, 0.2) is 63.9 Å². The molecule has 1 N–H and O–H groups in total. The number of hydrogen-bond acceptors (Lipinski definition) is 2. The van der Waals surface area contributed by atoms with E-state index in [-0.39, 0.29) is 0 Å². The highest BCUT2D eigenvalue weighted by Crippen LogP contribution is 2.33. The van der Waals surface area contributed by atoms with Gasteiger partial charge in [0, 0.05) is 27.1 Å². The number of hydrogen-bond donors (Lipinski definition) is 1. The van der Waals surface area contributed by atoms with Crippen LogP contribution >= 0.6 is 23.4 Å². The quantitative estimate of drug-likeness (QED) is 0.732. The zero-order valence-electron chi connectivity index (χ0n) is 8.74. The van der Waals surface area contributed by atoms with E-state index >= 15 is 0 Å². The first kappa shape index (κ1) is 11.4. The summed E-state index contributed by atoms with van der Waals surface area (Å²) in [6, 6.07) is 8.18. The van der Waals surface area contributed by atoms with E-state index in [4.69, 9.17) is 11.6 Å². The molecule has 3 heteroatoms. The number of allylic oxidation sites excluding steroid dienone is 3.